The maximum absolute atomic E-state index is 10.9. The zero-order valence-electron chi connectivity index (χ0n) is 10.7. The Morgan fingerprint density at radius 3 is 2.67 bits per heavy atom. The predicted octanol–water partition coefficient (Wildman–Crippen LogP) is 4.24. The summed E-state index contributed by atoms with van der Waals surface area (Å²) < 4.78 is 0. The minimum Gasteiger partial charge on any atom is -0.478 e. The van der Waals surface area contributed by atoms with E-state index in [1.807, 2.05) is 0 Å². The van der Waals surface area contributed by atoms with Crippen molar-refractivity contribution in [3.63, 3.8) is 0 Å². The van der Waals surface area contributed by atoms with E-state index in [-0.39, 0.29) is 11.3 Å². The fourth-order valence-electron chi connectivity index (χ4n) is 1.65. The number of nitro groups is 1. The molecule has 0 bridgehead atoms. The second-order valence-corrected chi connectivity index (χ2v) is 5.61. The van der Waals surface area contributed by atoms with Gasteiger partial charge >= 0.3 is 5.97 Å². The Morgan fingerprint density at radius 2 is 2.05 bits per heavy atom. The van der Waals surface area contributed by atoms with Crippen LogP contribution in [0.15, 0.2) is 47.4 Å². The summed E-state index contributed by atoms with van der Waals surface area (Å²) in [5, 5.41) is 19.9. The molecule has 2 aromatic rings. The summed E-state index contributed by atoms with van der Waals surface area (Å²) in [6, 6.07) is 10.9. The molecular weight excluding hydrogens is 314 g/mol. The monoisotopic (exact) mass is 323 g/mol. The molecule has 0 unspecified atom stereocenters. The van der Waals surface area contributed by atoms with E-state index in [9.17, 15) is 14.9 Å². The van der Waals surface area contributed by atoms with E-state index in [1.165, 1.54) is 30.0 Å². The molecule has 1 N–H and O–H groups in total. The largest absolute Gasteiger partial charge is 0.478 e. The third-order valence-corrected chi connectivity index (χ3v) is 4.12. The minimum absolute atomic E-state index is 0.0541. The maximum atomic E-state index is 10.9. The molecule has 0 spiro atoms. The van der Waals surface area contributed by atoms with Crippen LogP contribution in [0, 0.1) is 10.1 Å². The van der Waals surface area contributed by atoms with Crippen LogP contribution >= 0.6 is 23.4 Å². The molecule has 21 heavy (non-hydrogen) atoms. The average molecular weight is 324 g/mol. The Kier molecular flexibility index (Phi) is 4.82. The molecule has 2 aromatic carbocycles. The molecule has 0 saturated carbocycles. The Labute approximate surface area is 129 Å². The fraction of sp³-hybridized carbons (Fsp3) is 0.0714. The van der Waals surface area contributed by atoms with E-state index in [4.69, 9.17) is 16.7 Å². The SMILES string of the molecule is O=C(O)c1cccc(SCc2ccc([N+](=O)[O-])cc2Cl)c1. The number of carboxylic acids is 1. The van der Waals surface area contributed by atoms with Gasteiger partial charge in [-0.2, -0.15) is 0 Å². The van der Waals surface area contributed by atoms with Gasteiger partial charge in [-0.05, 0) is 29.8 Å². The van der Waals surface area contributed by atoms with Crippen LogP contribution < -0.4 is 0 Å². The lowest BCUT2D eigenvalue weighted by molar-refractivity contribution is -0.384. The number of thioether (sulfide) groups is 1. The minimum atomic E-state index is -0.981. The molecular formula is C14H10ClNO4S. The molecule has 0 saturated heterocycles. The van der Waals surface area contributed by atoms with Crippen molar-refractivity contribution in [1.82, 2.24) is 0 Å². The van der Waals surface area contributed by atoms with Crippen LogP contribution in [0.5, 0.6) is 0 Å². The zero-order chi connectivity index (χ0) is 15.4. The molecule has 5 nitrogen and oxygen atoms in total. The van der Waals surface area contributed by atoms with E-state index in [0.717, 1.165) is 10.5 Å². The van der Waals surface area contributed by atoms with Crippen molar-refractivity contribution in [3.8, 4) is 0 Å². The number of carbonyl (C=O) groups is 1. The maximum Gasteiger partial charge on any atom is 0.335 e. The van der Waals surface area contributed by atoms with Gasteiger partial charge in [0.25, 0.3) is 5.69 Å². The zero-order valence-corrected chi connectivity index (χ0v) is 12.2. The van der Waals surface area contributed by atoms with Gasteiger partial charge in [0.15, 0.2) is 0 Å². The first-order valence-corrected chi connectivity index (χ1v) is 7.22. The van der Waals surface area contributed by atoms with Gasteiger partial charge in [0.2, 0.25) is 0 Å². The highest BCUT2D eigenvalue weighted by atomic mass is 35.5. The molecule has 0 atom stereocenters. The number of hydrogen-bond acceptors (Lipinski definition) is 4. The Hall–Kier alpha value is -2.05. The number of halogens is 1. The van der Waals surface area contributed by atoms with Gasteiger partial charge in [-0.25, -0.2) is 4.79 Å². The number of non-ortho nitro benzene ring substituents is 1. The van der Waals surface area contributed by atoms with Gasteiger partial charge in [0, 0.05) is 22.8 Å². The molecule has 0 amide bonds. The second-order valence-electron chi connectivity index (χ2n) is 4.15. The van der Waals surface area contributed by atoms with E-state index >= 15 is 0 Å². The quantitative estimate of drug-likeness (QED) is 0.505. The van der Waals surface area contributed by atoms with Crippen molar-refractivity contribution in [2.45, 2.75) is 10.6 Å². The average Bonchev–Trinajstić information content (AvgIpc) is 2.46. The molecule has 0 aromatic heterocycles. The summed E-state index contributed by atoms with van der Waals surface area (Å²) in [6.45, 7) is 0. The number of carboxylic acid groups (broad SMARTS) is 1. The van der Waals surface area contributed by atoms with Crippen LogP contribution in [0.1, 0.15) is 15.9 Å². The normalized spacial score (nSPS) is 10.3. The molecule has 7 heteroatoms. The lowest BCUT2D eigenvalue weighted by Crippen LogP contribution is -1.95. The Morgan fingerprint density at radius 1 is 1.29 bits per heavy atom. The van der Waals surface area contributed by atoms with Crippen LogP contribution in [-0.4, -0.2) is 16.0 Å². The van der Waals surface area contributed by atoms with Gasteiger partial charge in [-0.1, -0.05) is 17.7 Å². The first kappa shape index (κ1) is 15.3. The first-order valence-electron chi connectivity index (χ1n) is 5.86. The Bertz CT molecular complexity index is 705. The highest BCUT2D eigenvalue weighted by molar-refractivity contribution is 7.98. The first-order chi connectivity index (χ1) is 9.97. The van der Waals surface area contributed by atoms with Crippen molar-refractivity contribution < 1.29 is 14.8 Å². The number of benzene rings is 2. The van der Waals surface area contributed by atoms with Gasteiger partial charge in [-0.15, -0.1) is 11.8 Å². The number of nitro benzene ring substituents is 1. The van der Waals surface area contributed by atoms with Crippen molar-refractivity contribution in [2.75, 3.05) is 0 Å². The molecule has 0 aliphatic heterocycles. The molecule has 0 fully saturated rings. The smallest absolute Gasteiger partial charge is 0.335 e. The van der Waals surface area contributed by atoms with Crippen LogP contribution in [0.25, 0.3) is 0 Å². The van der Waals surface area contributed by atoms with Crippen LogP contribution in [0.2, 0.25) is 5.02 Å². The fourth-order valence-corrected chi connectivity index (χ4v) is 2.93. The summed E-state index contributed by atoms with van der Waals surface area (Å²) in [5.74, 6) is -0.481. The second kappa shape index (κ2) is 6.60. The predicted molar refractivity (Wildman–Crippen MR) is 81.1 cm³/mol. The van der Waals surface area contributed by atoms with E-state index in [2.05, 4.69) is 0 Å². The third kappa shape index (κ3) is 3.96. The molecule has 0 aliphatic rings. The van der Waals surface area contributed by atoms with Crippen LogP contribution in [0.3, 0.4) is 0 Å². The van der Waals surface area contributed by atoms with Gasteiger partial charge in [-0.3, -0.25) is 10.1 Å². The number of nitrogens with zero attached hydrogens (tertiary/aromatic N) is 1. The Balaban J connectivity index is 2.11. The molecule has 108 valence electrons. The summed E-state index contributed by atoms with van der Waals surface area (Å²) >= 11 is 7.43. The highest BCUT2D eigenvalue weighted by Gasteiger charge is 2.10. The van der Waals surface area contributed by atoms with Crippen LogP contribution in [0.4, 0.5) is 5.69 Å². The van der Waals surface area contributed by atoms with E-state index in [1.54, 1.807) is 24.3 Å². The van der Waals surface area contributed by atoms with Crippen molar-refractivity contribution in [1.29, 1.82) is 0 Å². The van der Waals surface area contributed by atoms with Crippen molar-refractivity contribution >= 4 is 35.0 Å². The number of rotatable bonds is 5. The number of aromatic carboxylic acids is 1. The van der Waals surface area contributed by atoms with Crippen molar-refractivity contribution in [2.24, 2.45) is 0 Å². The van der Waals surface area contributed by atoms with Crippen molar-refractivity contribution in [3.05, 3.63) is 68.7 Å². The third-order valence-electron chi connectivity index (χ3n) is 2.72. The summed E-state index contributed by atoms with van der Waals surface area (Å²) in [4.78, 5) is 21.8. The summed E-state index contributed by atoms with van der Waals surface area (Å²) in [7, 11) is 0. The van der Waals surface area contributed by atoms with Gasteiger partial charge in [0.1, 0.15) is 0 Å². The van der Waals surface area contributed by atoms with E-state index in [0.29, 0.717) is 10.8 Å². The van der Waals surface area contributed by atoms with E-state index < -0.39 is 10.9 Å². The van der Waals surface area contributed by atoms with Gasteiger partial charge in [0.05, 0.1) is 15.5 Å². The molecule has 2 rings (SSSR count). The highest BCUT2D eigenvalue weighted by Crippen LogP contribution is 2.29. The molecule has 0 heterocycles. The molecule has 0 aliphatic carbocycles. The lowest BCUT2D eigenvalue weighted by Gasteiger charge is -2.05. The topological polar surface area (TPSA) is 80.4 Å². The standard InChI is InChI=1S/C14H10ClNO4S/c15-13-7-11(16(19)20)5-4-10(13)8-21-12-3-1-2-9(6-12)14(17)18/h1-7H,8H2,(H,17,18). The summed E-state index contributed by atoms with van der Waals surface area (Å²) in [6.07, 6.45) is 0. The number of hydrogen-bond donors (Lipinski definition) is 1. The van der Waals surface area contributed by atoms with Gasteiger partial charge < -0.3 is 5.11 Å². The molecule has 0 radical (unpaired) electrons. The summed E-state index contributed by atoms with van der Waals surface area (Å²) in [5.41, 5.74) is 0.921. The lowest BCUT2D eigenvalue weighted by atomic mass is 10.2. The van der Waals surface area contributed by atoms with Crippen LogP contribution in [-0.2, 0) is 5.75 Å².